The van der Waals surface area contributed by atoms with E-state index in [1.807, 2.05) is 0 Å². The first kappa shape index (κ1) is 10.9. The number of methoxy groups -OCH3 is 1. The molecule has 0 unspecified atom stereocenters. The number of aromatic nitrogens is 2. The molecule has 0 amide bonds. The Morgan fingerprint density at radius 3 is 2.94 bits per heavy atom. The summed E-state index contributed by atoms with van der Waals surface area (Å²) < 4.78 is 6.39. The summed E-state index contributed by atoms with van der Waals surface area (Å²) in [6, 6.07) is 4.42. The van der Waals surface area contributed by atoms with Crippen LogP contribution in [0.5, 0.6) is 5.88 Å². The number of hydrogen-bond acceptors (Lipinski definition) is 5. The van der Waals surface area contributed by atoms with Gasteiger partial charge in [-0.05, 0) is 12.1 Å². The van der Waals surface area contributed by atoms with Crippen LogP contribution in [0.3, 0.4) is 0 Å². The van der Waals surface area contributed by atoms with Crippen molar-refractivity contribution in [2.24, 2.45) is 5.16 Å². The quantitative estimate of drug-likeness (QED) is 0.467. The molecule has 2 N–H and O–H groups in total. The molecule has 2 aromatic heterocycles. The van der Waals surface area contributed by atoms with Gasteiger partial charge in [-0.1, -0.05) is 5.16 Å². The smallest absolute Gasteiger partial charge is 0.337 e. The van der Waals surface area contributed by atoms with E-state index in [4.69, 9.17) is 15.1 Å². The van der Waals surface area contributed by atoms with E-state index in [-0.39, 0.29) is 5.56 Å². The molecule has 88 valence electrons. The molecule has 0 radical (unpaired) electrons. The van der Waals surface area contributed by atoms with E-state index >= 15 is 0 Å². The average molecular weight is 235 g/mol. The lowest BCUT2D eigenvalue weighted by Crippen LogP contribution is -2.03. The summed E-state index contributed by atoms with van der Waals surface area (Å²) in [4.78, 5) is 11.0. The van der Waals surface area contributed by atoms with E-state index in [9.17, 15) is 4.79 Å². The second-order valence-corrected chi connectivity index (χ2v) is 3.21. The third kappa shape index (κ3) is 1.78. The summed E-state index contributed by atoms with van der Waals surface area (Å²) in [6.45, 7) is 0. The van der Waals surface area contributed by atoms with Gasteiger partial charge in [0.25, 0.3) is 0 Å². The van der Waals surface area contributed by atoms with Crippen LogP contribution in [-0.2, 0) is 0 Å². The average Bonchev–Trinajstić information content (AvgIpc) is 2.71. The van der Waals surface area contributed by atoms with Gasteiger partial charge in [-0.15, -0.1) is 0 Å². The Labute approximate surface area is 95.5 Å². The molecule has 0 atom stereocenters. The molecule has 0 fully saturated rings. The lowest BCUT2D eigenvalue weighted by Gasteiger charge is -2.04. The van der Waals surface area contributed by atoms with Crippen molar-refractivity contribution in [3.8, 4) is 5.88 Å². The minimum absolute atomic E-state index is 0.0934. The van der Waals surface area contributed by atoms with Crippen LogP contribution >= 0.6 is 0 Å². The second kappa shape index (κ2) is 4.12. The summed E-state index contributed by atoms with van der Waals surface area (Å²) in [6.07, 6.45) is 1.11. The first-order valence-corrected chi connectivity index (χ1v) is 4.65. The molecule has 2 rings (SSSR count). The normalized spacial score (nSPS) is 11.1. The van der Waals surface area contributed by atoms with Crippen LogP contribution in [0, 0.1) is 0 Å². The van der Waals surface area contributed by atoms with Crippen LogP contribution in [0.2, 0.25) is 0 Å². The Morgan fingerprint density at radius 1 is 1.59 bits per heavy atom. The minimum atomic E-state index is -1.06. The van der Waals surface area contributed by atoms with Gasteiger partial charge in [0, 0.05) is 6.07 Å². The zero-order chi connectivity index (χ0) is 12.4. The summed E-state index contributed by atoms with van der Waals surface area (Å²) in [5.74, 6) is -0.673. The molecule has 0 saturated carbocycles. The third-order valence-corrected chi connectivity index (χ3v) is 2.24. The molecule has 2 heterocycles. The Kier molecular flexibility index (Phi) is 2.65. The zero-order valence-corrected chi connectivity index (χ0v) is 8.86. The first-order valence-electron chi connectivity index (χ1n) is 4.65. The summed E-state index contributed by atoms with van der Waals surface area (Å²) in [7, 11) is 1.46. The summed E-state index contributed by atoms with van der Waals surface area (Å²) >= 11 is 0. The highest BCUT2D eigenvalue weighted by Crippen LogP contribution is 2.19. The van der Waals surface area contributed by atoms with E-state index in [2.05, 4.69) is 10.3 Å². The molecule has 2 aromatic rings. The van der Waals surface area contributed by atoms with Crippen molar-refractivity contribution < 1.29 is 19.8 Å². The van der Waals surface area contributed by atoms with Crippen LogP contribution in [0.15, 0.2) is 23.4 Å². The molecule has 0 spiro atoms. The van der Waals surface area contributed by atoms with Crippen molar-refractivity contribution in [2.75, 3.05) is 7.11 Å². The summed E-state index contributed by atoms with van der Waals surface area (Å²) in [5, 5.41) is 24.3. The third-order valence-electron chi connectivity index (χ3n) is 2.24. The molecular formula is C10H9N3O4. The van der Waals surface area contributed by atoms with Gasteiger partial charge in [0.1, 0.15) is 5.69 Å². The number of rotatable bonds is 3. The molecule has 0 aromatic carbocycles. The fourth-order valence-corrected chi connectivity index (χ4v) is 1.53. The highest BCUT2D eigenvalue weighted by Gasteiger charge is 2.14. The number of carboxylic acids is 1. The molecule has 0 bridgehead atoms. The van der Waals surface area contributed by atoms with Crippen molar-refractivity contribution in [1.82, 2.24) is 9.61 Å². The SMILES string of the molecule is COc1ccc(C(=O)O)c2cc(/C=N\O)nn12. The molecular weight excluding hydrogens is 226 g/mol. The van der Waals surface area contributed by atoms with Gasteiger partial charge in [-0.25, -0.2) is 4.79 Å². The predicted octanol–water partition coefficient (Wildman–Crippen LogP) is 0.849. The van der Waals surface area contributed by atoms with Crippen molar-refractivity contribution in [3.05, 3.63) is 29.5 Å². The number of carboxylic acid groups (broad SMARTS) is 1. The summed E-state index contributed by atoms with van der Waals surface area (Å²) in [5.41, 5.74) is 0.794. The van der Waals surface area contributed by atoms with Crippen molar-refractivity contribution in [1.29, 1.82) is 0 Å². The van der Waals surface area contributed by atoms with Crippen LogP contribution in [0.1, 0.15) is 16.1 Å². The van der Waals surface area contributed by atoms with Crippen LogP contribution in [0.25, 0.3) is 5.52 Å². The Morgan fingerprint density at radius 2 is 2.35 bits per heavy atom. The van der Waals surface area contributed by atoms with Gasteiger partial charge < -0.3 is 15.1 Å². The molecule has 0 saturated heterocycles. The zero-order valence-electron chi connectivity index (χ0n) is 8.86. The topological polar surface area (TPSA) is 96.4 Å². The Hall–Kier alpha value is -2.57. The molecule has 7 nitrogen and oxygen atoms in total. The predicted molar refractivity (Wildman–Crippen MR) is 58.1 cm³/mol. The fraction of sp³-hybridized carbons (Fsp3) is 0.100. The Balaban J connectivity index is 2.76. The monoisotopic (exact) mass is 235 g/mol. The maximum atomic E-state index is 11.0. The van der Waals surface area contributed by atoms with Crippen LogP contribution < -0.4 is 4.74 Å². The van der Waals surface area contributed by atoms with E-state index in [0.717, 1.165) is 6.21 Å². The molecule has 0 aliphatic heterocycles. The number of oxime groups is 1. The highest BCUT2D eigenvalue weighted by atomic mass is 16.5. The molecule has 17 heavy (non-hydrogen) atoms. The van der Waals surface area contributed by atoms with Crippen molar-refractivity contribution >= 4 is 17.7 Å². The maximum Gasteiger partial charge on any atom is 0.337 e. The van der Waals surface area contributed by atoms with Gasteiger partial charge >= 0.3 is 5.97 Å². The molecule has 7 heteroatoms. The lowest BCUT2D eigenvalue weighted by molar-refractivity contribution is 0.0698. The maximum absolute atomic E-state index is 11.0. The van der Waals surface area contributed by atoms with Gasteiger partial charge in [0.2, 0.25) is 5.88 Å². The highest BCUT2D eigenvalue weighted by molar-refractivity contribution is 5.96. The van der Waals surface area contributed by atoms with Gasteiger partial charge in [0.15, 0.2) is 0 Å². The van der Waals surface area contributed by atoms with Crippen molar-refractivity contribution in [2.45, 2.75) is 0 Å². The Bertz CT molecular complexity index is 603. The van der Waals surface area contributed by atoms with Gasteiger partial charge in [0.05, 0.1) is 24.4 Å². The number of ether oxygens (including phenoxy) is 1. The minimum Gasteiger partial charge on any atom is -0.481 e. The van der Waals surface area contributed by atoms with Crippen LogP contribution in [-0.4, -0.2) is 39.2 Å². The number of nitrogens with zero attached hydrogens (tertiary/aromatic N) is 3. The number of fused-ring (bicyclic) bond motifs is 1. The lowest BCUT2D eigenvalue weighted by atomic mass is 10.2. The van der Waals surface area contributed by atoms with E-state index < -0.39 is 5.97 Å². The van der Waals surface area contributed by atoms with E-state index in [0.29, 0.717) is 17.1 Å². The fourth-order valence-electron chi connectivity index (χ4n) is 1.53. The molecule has 0 aliphatic rings. The van der Waals surface area contributed by atoms with Gasteiger partial charge in [-0.2, -0.15) is 9.61 Å². The van der Waals surface area contributed by atoms with Gasteiger partial charge in [-0.3, -0.25) is 0 Å². The van der Waals surface area contributed by atoms with Crippen LogP contribution in [0.4, 0.5) is 0 Å². The van der Waals surface area contributed by atoms with E-state index in [1.165, 1.54) is 29.8 Å². The van der Waals surface area contributed by atoms with E-state index in [1.54, 1.807) is 0 Å². The number of aromatic carboxylic acids is 1. The first-order chi connectivity index (χ1) is 8.17. The largest absolute Gasteiger partial charge is 0.481 e. The number of pyridine rings is 1. The number of hydrogen-bond donors (Lipinski definition) is 2. The number of carbonyl (C=O) groups is 1. The second-order valence-electron chi connectivity index (χ2n) is 3.21. The standard InChI is InChI=1S/C10H9N3O4/c1-17-9-3-2-7(10(14)15)8-4-6(5-11-16)12-13(8)9/h2-5,16H,1H3,(H,14,15)/b11-5-. The molecule has 0 aliphatic carbocycles. The van der Waals surface area contributed by atoms with Crippen molar-refractivity contribution in [3.63, 3.8) is 0 Å².